The van der Waals surface area contributed by atoms with Gasteiger partial charge < -0.3 is 13.4 Å². The molecular weight excluding hydrogens is 502 g/mol. The Kier molecular flexibility index (Phi) is 4.61. The number of fused-ring (bicyclic) bond motifs is 8. The second-order valence-electron chi connectivity index (χ2n) is 10.6. The van der Waals surface area contributed by atoms with Crippen LogP contribution in [0.3, 0.4) is 0 Å². The SMILES string of the molecule is c1ccc(-c2ccc3c(c2)oc2cc(-c4ccc5c(c4)oc4c6ccccc6n(-c6ccccc6)c54)ccc23)cc1. The number of para-hydroxylation sites is 2. The quantitative estimate of drug-likeness (QED) is 0.230. The van der Waals surface area contributed by atoms with Crippen LogP contribution in [0.25, 0.3) is 82.9 Å². The van der Waals surface area contributed by atoms with Crippen molar-refractivity contribution in [2.75, 3.05) is 0 Å². The van der Waals surface area contributed by atoms with Crippen LogP contribution >= 0.6 is 0 Å². The van der Waals surface area contributed by atoms with Crippen LogP contribution in [0.15, 0.2) is 148 Å². The molecule has 6 aromatic carbocycles. The van der Waals surface area contributed by atoms with Gasteiger partial charge in [-0.25, -0.2) is 0 Å². The van der Waals surface area contributed by atoms with Crippen LogP contribution in [0.2, 0.25) is 0 Å². The van der Waals surface area contributed by atoms with E-state index in [-0.39, 0.29) is 0 Å². The highest BCUT2D eigenvalue weighted by molar-refractivity contribution is 6.17. The molecule has 41 heavy (non-hydrogen) atoms. The molecule has 0 aliphatic rings. The molecule has 0 radical (unpaired) electrons. The summed E-state index contributed by atoms with van der Waals surface area (Å²) in [6, 6.07) is 48.8. The number of benzene rings is 6. The molecule has 9 aromatic rings. The summed E-state index contributed by atoms with van der Waals surface area (Å²) in [5.41, 5.74) is 11.5. The summed E-state index contributed by atoms with van der Waals surface area (Å²) >= 11 is 0. The van der Waals surface area contributed by atoms with Gasteiger partial charge in [0, 0.05) is 27.2 Å². The standard InChI is InChI=1S/C38H23NO2/c1-3-9-24(10-4-1)25-15-18-29-30-19-16-26(22-35(30)40-34(29)21-25)27-17-20-32-36(23-27)41-38-31-13-7-8-14-33(31)39(37(32)38)28-11-5-2-6-12-28/h1-23H. The van der Waals surface area contributed by atoms with E-state index in [0.29, 0.717) is 0 Å². The van der Waals surface area contributed by atoms with Gasteiger partial charge in [0.2, 0.25) is 0 Å². The smallest absolute Gasteiger partial charge is 0.161 e. The first-order valence-electron chi connectivity index (χ1n) is 13.9. The third-order valence-corrected chi connectivity index (χ3v) is 8.21. The molecule has 0 bridgehead atoms. The van der Waals surface area contributed by atoms with Gasteiger partial charge in [0.05, 0.1) is 5.52 Å². The number of hydrogen-bond acceptors (Lipinski definition) is 2. The zero-order valence-corrected chi connectivity index (χ0v) is 22.0. The summed E-state index contributed by atoms with van der Waals surface area (Å²) in [7, 11) is 0. The van der Waals surface area contributed by atoms with Gasteiger partial charge >= 0.3 is 0 Å². The lowest BCUT2D eigenvalue weighted by Gasteiger charge is -2.07. The Morgan fingerprint density at radius 1 is 0.390 bits per heavy atom. The van der Waals surface area contributed by atoms with Crippen LogP contribution in [-0.4, -0.2) is 4.57 Å². The average molecular weight is 526 g/mol. The minimum Gasteiger partial charge on any atom is -0.456 e. The molecule has 0 N–H and O–H groups in total. The lowest BCUT2D eigenvalue weighted by molar-refractivity contribution is 0.669. The summed E-state index contributed by atoms with van der Waals surface area (Å²) in [4.78, 5) is 0. The first kappa shape index (κ1) is 22.3. The number of furan rings is 2. The molecule has 192 valence electrons. The minimum atomic E-state index is 0.875. The fourth-order valence-corrected chi connectivity index (χ4v) is 6.26. The number of nitrogens with zero attached hydrogens (tertiary/aromatic N) is 1. The Morgan fingerprint density at radius 3 is 1.61 bits per heavy atom. The Morgan fingerprint density at radius 2 is 0.927 bits per heavy atom. The lowest BCUT2D eigenvalue weighted by atomic mass is 10.0. The molecule has 0 aliphatic heterocycles. The molecule has 9 rings (SSSR count). The second-order valence-corrected chi connectivity index (χ2v) is 10.6. The fourth-order valence-electron chi connectivity index (χ4n) is 6.26. The Hall–Kier alpha value is -5.54. The normalized spacial score (nSPS) is 11.9. The van der Waals surface area contributed by atoms with Crippen LogP contribution in [0.1, 0.15) is 0 Å². The van der Waals surface area contributed by atoms with Crippen LogP contribution in [0, 0.1) is 0 Å². The van der Waals surface area contributed by atoms with Gasteiger partial charge in [0.1, 0.15) is 22.3 Å². The molecule has 3 heterocycles. The van der Waals surface area contributed by atoms with E-state index in [1.165, 1.54) is 5.56 Å². The maximum absolute atomic E-state index is 6.58. The highest BCUT2D eigenvalue weighted by Gasteiger charge is 2.19. The van der Waals surface area contributed by atoms with Crippen molar-refractivity contribution in [1.29, 1.82) is 0 Å². The number of rotatable bonds is 3. The van der Waals surface area contributed by atoms with E-state index in [4.69, 9.17) is 8.83 Å². The molecule has 0 spiro atoms. The predicted molar refractivity (Wildman–Crippen MR) is 169 cm³/mol. The van der Waals surface area contributed by atoms with Crippen LogP contribution in [-0.2, 0) is 0 Å². The maximum Gasteiger partial charge on any atom is 0.161 e. The highest BCUT2D eigenvalue weighted by Crippen LogP contribution is 2.41. The fraction of sp³-hybridized carbons (Fsp3) is 0. The molecule has 3 nitrogen and oxygen atoms in total. The van der Waals surface area contributed by atoms with E-state index >= 15 is 0 Å². The Bertz CT molecular complexity index is 2410. The minimum absolute atomic E-state index is 0.875. The van der Waals surface area contributed by atoms with Crippen molar-refractivity contribution < 1.29 is 8.83 Å². The molecule has 0 saturated carbocycles. The molecule has 0 unspecified atom stereocenters. The van der Waals surface area contributed by atoms with Crippen molar-refractivity contribution in [1.82, 2.24) is 4.57 Å². The van der Waals surface area contributed by atoms with E-state index in [2.05, 4.69) is 132 Å². The van der Waals surface area contributed by atoms with Gasteiger partial charge in [-0.15, -0.1) is 0 Å². The molecule has 0 amide bonds. The zero-order valence-electron chi connectivity index (χ0n) is 22.0. The molecule has 0 atom stereocenters. The third-order valence-electron chi connectivity index (χ3n) is 8.21. The van der Waals surface area contributed by atoms with Crippen molar-refractivity contribution in [3.63, 3.8) is 0 Å². The number of aromatic nitrogens is 1. The van der Waals surface area contributed by atoms with E-state index in [9.17, 15) is 0 Å². The summed E-state index contributed by atoms with van der Waals surface area (Å²) in [5.74, 6) is 0. The van der Waals surface area contributed by atoms with Gasteiger partial charge in [-0.05, 0) is 82.9 Å². The van der Waals surface area contributed by atoms with Crippen LogP contribution in [0.5, 0.6) is 0 Å². The Labute approximate surface area is 235 Å². The van der Waals surface area contributed by atoms with E-state index in [0.717, 1.165) is 77.3 Å². The van der Waals surface area contributed by atoms with Crippen molar-refractivity contribution in [3.05, 3.63) is 140 Å². The predicted octanol–water partition coefficient (Wildman–Crippen LogP) is 10.8. The van der Waals surface area contributed by atoms with Crippen LogP contribution < -0.4 is 0 Å². The van der Waals surface area contributed by atoms with E-state index in [1.54, 1.807) is 0 Å². The third kappa shape index (κ3) is 3.33. The van der Waals surface area contributed by atoms with Gasteiger partial charge in [-0.3, -0.25) is 0 Å². The van der Waals surface area contributed by atoms with E-state index in [1.807, 2.05) is 12.1 Å². The van der Waals surface area contributed by atoms with E-state index < -0.39 is 0 Å². The lowest BCUT2D eigenvalue weighted by Crippen LogP contribution is -1.92. The number of hydrogen-bond donors (Lipinski definition) is 0. The van der Waals surface area contributed by atoms with Crippen molar-refractivity contribution in [2.45, 2.75) is 0 Å². The largest absolute Gasteiger partial charge is 0.456 e. The molecule has 0 saturated heterocycles. The van der Waals surface area contributed by atoms with Crippen molar-refractivity contribution in [3.8, 4) is 27.9 Å². The molecule has 0 aliphatic carbocycles. The summed E-state index contributed by atoms with van der Waals surface area (Å²) < 4.78 is 15.3. The molecule has 0 fully saturated rings. The summed E-state index contributed by atoms with van der Waals surface area (Å²) in [6.45, 7) is 0. The van der Waals surface area contributed by atoms with Gasteiger partial charge in [-0.2, -0.15) is 0 Å². The molecule has 3 aromatic heterocycles. The Balaban J connectivity index is 1.19. The van der Waals surface area contributed by atoms with Crippen molar-refractivity contribution >= 4 is 54.9 Å². The molecular formula is C38H23NO2. The highest BCUT2D eigenvalue weighted by atomic mass is 16.3. The van der Waals surface area contributed by atoms with Crippen LogP contribution in [0.4, 0.5) is 0 Å². The average Bonchev–Trinajstić information content (AvgIpc) is 3.69. The molecule has 3 heteroatoms. The summed E-state index contributed by atoms with van der Waals surface area (Å²) in [5, 5.41) is 4.46. The summed E-state index contributed by atoms with van der Waals surface area (Å²) in [6.07, 6.45) is 0. The monoisotopic (exact) mass is 525 g/mol. The zero-order chi connectivity index (χ0) is 26.9. The maximum atomic E-state index is 6.58. The van der Waals surface area contributed by atoms with Gasteiger partial charge in [-0.1, -0.05) is 78.9 Å². The topological polar surface area (TPSA) is 31.2 Å². The van der Waals surface area contributed by atoms with Crippen molar-refractivity contribution in [2.24, 2.45) is 0 Å². The first-order valence-corrected chi connectivity index (χ1v) is 13.9. The van der Waals surface area contributed by atoms with Gasteiger partial charge in [0.15, 0.2) is 5.58 Å². The first-order chi connectivity index (χ1) is 20.3. The second kappa shape index (κ2) is 8.48. The van der Waals surface area contributed by atoms with Gasteiger partial charge in [0.25, 0.3) is 0 Å².